The van der Waals surface area contributed by atoms with Gasteiger partial charge in [-0.25, -0.2) is 10.0 Å². The third-order valence-electron chi connectivity index (χ3n) is 3.18. The van der Waals surface area contributed by atoms with E-state index in [0.29, 0.717) is 5.56 Å². The maximum atomic E-state index is 8.33. The Morgan fingerprint density at radius 2 is 1.32 bits per heavy atom. The number of hydrogen-bond donors (Lipinski definition) is 0. The van der Waals surface area contributed by atoms with Gasteiger partial charge in [0.05, 0.1) is 25.1 Å². The molecule has 5 heteroatoms. The molecule has 0 aliphatic carbocycles. The third-order valence-corrected chi connectivity index (χ3v) is 3.53. The van der Waals surface area contributed by atoms with Gasteiger partial charge in [-0.1, -0.05) is 66.6 Å². The highest BCUT2D eigenvalue weighted by molar-refractivity contribution is 7.80. The number of hydrogen-bond acceptors (Lipinski definition) is 2. The van der Waals surface area contributed by atoms with Gasteiger partial charge in [0.15, 0.2) is 5.84 Å². The van der Waals surface area contributed by atoms with Gasteiger partial charge in [0.2, 0.25) is 5.11 Å². The Bertz CT molecular complexity index is 1360. The summed E-state index contributed by atoms with van der Waals surface area (Å²) in [6, 6.07) is 2.44. The summed E-state index contributed by atoms with van der Waals surface area (Å²) in [5.41, 5.74) is 4.02. The van der Waals surface area contributed by atoms with Gasteiger partial charge < -0.3 is 0 Å². The second-order valence-electron chi connectivity index (χ2n) is 4.74. The van der Waals surface area contributed by atoms with E-state index in [4.69, 9.17) is 25.9 Å². The molecular formula is C20H15N4S. The normalized spacial score (nSPS) is 19.7. The number of nitrogens with zero attached hydrogens (tertiary/aromatic N) is 4. The molecule has 4 rings (SSSR count). The predicted molar refractivity (Wildman–Crippen MR) is 106 cm³/mol. The summed E-state index contributed by atoms with van der Waals surface area (Å²) in [7, 11) is 0. The van der Waals surface area contributed by atoms with Gasteiger partial charge >= 0.3 is 0 Å². The summed E-state index contributed by atoms with van der Waals surface area (Å²) in [4.78, 5) is 0. The first-order chi connectivity index (χ1) is 16.5. The molecule has 1 heterocycles. The highest BCUT2D eigenvalue weighted by Crippen LogP contribution is 2.24. The lowest BCUT2D eigenvalue weighted by Crippen LogP contribution is -2.52. The van der Waals surface area contributed by atoms with E-state index in [2.05, 4.69) is 10.5 Å². The molecule has 1 radical (unpaired) electrons. The van der Waals surface area contributed by atoms with Crippen molar-refractivity contribution in [2.75, 3.05) is 10.0 Å². The van der Waals surface area contributed by atoms with Crippen LogP contribution in [0.4, 0.5) is 11.4 Å². The lowest BCUT2D eigenvalue weighted by atomic mass is 10.2. The minimum absolute atomic E-state index is 0.0298. The summed E-state index contributed by atoms with van der Waals surface area (Å²) >= 11 is 5.47. The minimum atomic E-state index is -0.614. The zero-order chi connectivity index (χ0) is 25.8. The Kier molecular flexibility index (Phi) is 2.10. The van der Waals surface area contributed by atoms with Crippen LogP contribution in [0.25, 0.3) is 0 Å². The van der Waals surface area contributed by atoms with Crippen molar-refractivity contribution < 1.29 is 13.7 Å². The second-order valence-corrected chi connectivity index (χ2v) is 5.11. The van der Waals surface area contributed by atoms with Crippen molar-refractivity contribution in [2.45, 2.75) is 0 Å². The lowest BCUT2D eigenvalue weighted by Gasteiger charge is -2.34. The number of thiocarbonyl (C=S) groups is 1. The highest BCUT2D eigenvalue weighted by Gasteiger charge is 2.28. The molecule has 0 bridgehead atoms. The van der Waals surface area contributed by atoms with Gasteiger partial charge in [0, 0.05) is 5.56 Å². The van der Waals surface area contributed by atoms with E-state index in [-0.39, 0.29) is 22.3 Å². The van der Waals surface area contributed by atoms with Gasteiger partial charge in [-0.3, -0.25) is 0 Å². The minimum Gasteiger partial charge on any atom is -0.203 e. The van der Waals surface area contributed by atoms with E-state index in [1.807, 2.05) is 0 Å². The number of rotatable bonds is 3. The molecule has 4 nitrogen and oxygen atoms in total. The number of benzene rings is 3. The number of amidine groups is 1. The Morgan fingerprint density at radius 1 is 0.760 bits per heavy atom. The van der Waals surface area contributed by atoms with Crippen molar-refractivity contribution >= 4 is 34.5 Å². The van der Waals surface area contributed by atoms with E-state index in [1.165, 1.54) is 0 Å². The maximum absolute atomic E-state index is 8.33. The SMILES string of the molecule is [2H]c1c([2H])c([2H])c(N2[N]C(c3ccccc3)=NN(c3c([2H])c([2H])c([2H])c([2H])c3[2H])C2=S)c([2H])c1[2H]. The smallest absolute Gasteiger partial charge is 0.203 e. The Morgan fingerprint density at radius 3 is 1.92 bits per heavy atom. The molecule has 0 fully saturated rings. The van der Waals surface area contributed by atoms with Gasteiger partial charge in [-0.2, -0.15) is 0 Å². The Labute approximate surface area is 166 Å². The molecule has 0 N–H and O–H groups in total. The highest BCUT2D eigenvalue weighted by atomic mass is 32.1. The Hall–Kier alpha value is -3.18. The van der Waals surface area contributed by atoms with Crippen LogP contribution >= 0.6 is 12.2 Å². The van der Waals surface area contributed by atoms with Crippen LogP contribution in [0.2, 0.25) is 0 Å². The topological polar surface area (TPSA) is 32.9 Å². The molecule has 1 aliphatic heterocycles. The number of para-hydroxylation sites is 2. The summed E-state index contributed by atoms with van der Waals surface area (Å²) in [6.07, 6.45) is 0. The van der Waals surface area contributed by atoms with Crippen LogP contribution in [0.3, 0.4) is 0 Å². The number of anilines is 2. The summed E-state index contributed by atoms with van der Waals surface area (Å²) < 4.78 is 81.0. The summed E-state index contributed by atoms with van der Waals surface area (Å²) in [6.45, 7) is 0. The van der Waals surface area contributed by atoms with Crippen LogP contribution in [-0.4, -0.2) is 10.9 Å². The molecular weight excluding hydrogens is 328 g/mol. The molecule has 0 spiro atoms. The standard InChI is InChI=1S/C20H15N4S/c25-20-23(17-12-6-2-7-13-17)21-19(16-10-4-1-5-11-16)22-24(20)18-14-8-3-9-15-18/h1-15H/i2D,3D,6D,7D,8D,9D,12D,13D,14D,15D. The van der Waals surface area contributed by atoms with Crippen LogP contribution in [0.5, 0.6) is 0 Å². The van der Waals surface area contributed by atoms with E-state index in [9.17, 15) is 0 Å². The molecule has 3 aromatic rings. The van der Waals surface area contributed by atoms with Crippen molar-refractivity contribution in [3.05, 3.63) is 96.3 Å². The van der Waals surface area contributed by atoms with Crippen LogP contribution in [0.15, 0.2) is 95.9 Å². The van der Waals surface area contributed by atoms with Gasteiger partial charge in [0.1, 0.15) is 0 Å². The van der Waals surface area contributed by atoms with Crippen LogP contribution in [0.1, 0.15) is 19.3 Å². The second kappa shape index (κ2) is 6.75. The first-order valence-corrected chi connectivity index (χ1v) is 7.51. The molecule has 0 atom stereocenters. The van der Waals surface area contributed by atoms with E-state index in [0.717, 1.165) is 10.0 Å². The van der Waals surface area contributed by atoms with Crippen LogP contribution in [0, 0.1) is 0 Å². The summed E-state index contributed by atoms with van der Waals surface area (Å²) in [5.74, 6) is -0.0298. The van der Waals surface area contributed by atoms with Gasteiger partial charge in [-0.15, -0.1) is 10.5 Å². The van der Waals surface area contributed by atoms with E-state index >= 15 is 0 Å². The fourth-order valence-corrected chi connectivity index (χ4v) is 2.34. The molecule has 121 valence electrons. The fourth-order valence-electron chi connectivity index (χ4n) is 2.08. The van der Waals surface area contributed by atoms with E-state index in [1.54, 1.807) is 30.3 Å². The van der Waals surface area contributed by atoms with Crippen molar-refractivity contribution in [3.63, 3.8) is 0 Å². The third kappa shape index (κ3) is 3.09. The molecule has 3 aromatic carbocycles. The monoisotopic (exact) mass is 353 g/mol. The largest absolute Gasteiger partial charge is 0.222 e. The van der Waals surface area contributed by atoms with Crippen LogP contribution in [-0.2, 0) is 0 Å². The molecule has 0 saturated heterocycles. The molecule has 0 amide bonds. The fraction of sp³-hybridized carbons (Fsp3) is 0. The van der Waals surface area contributed by atoms with Crippen molar-refractivity contribution in [2.24, 2.45) is 5.10 Å². The van der Waals surface area contributed by atoms with Crippen molar-refractivity contribution in [1.29, 1.82) is 0 Å². The van der Waals surface area contributed by atoms with Crippen molar-refractivity contribution in [3.8, 4) is 0 Å². The average Bonchev–Trinajstić information content (AvgIpc) is 2.86. The quantitative estimate of drug-likeness (QED) is 0.662. The van der Waals surface area contributed by atoms with E-state index < -0.39 is 60.4 Å². The average molecular weight is 353 g/mol. The lowest BCUT2D eigenvalue weighted by molar-refractivity contribution is 0.876. The molecule has 0 unspecified atom stereocenters. The predicted octanol–water partition coefficient (Wildman–Crippen LogP) is 4.18. The molecule has 25 heavy (non-hydrogen) atoms. The first-order valence-electron chi connectivity index (χ1n) is 12.1. The summed E-state index contributed by atoms with van der Waals surface area (Å²) in [5, 5.41) is 5.73. The first kappa shape index (κ1) is 7.80. The van der Waals surface area contributed by atoms with Crippen LogP contribution < -0.4 is 15.4 Å². The molecule has 0 aromatic heterocycles. The molecule has 1 aliphatic rings. The van der Waals surface area contributed by atoms with Gasteiger partial charge in [0.25, 0.3) is 0 Å². The maximum Gasteiger partial charge on any atom is 0.222 e. The zero-order valence-electron chi connectivity index (χ0n) is 22.6. The van der Waals surface area contributed by atoms with Gasteiger partial charge in [-0.05, 0) is 36.4 Å². The Balaban J connectivity index is 2.01. The zero-order valence-corrected chi connectivity index (χ0v) is 13.4. The number of hydrazone groups is 1. The molecule has 0 saturated carbocycles. The van der Waals surface area contributed by atoms with Crippen molar-refractivity contribution in [1.82, 2.24) is 5.43 Å².